The normalized spacial score (nSPS) is 19.7. The zero-order chi connectivity index (χ0) is 10.8. The molecule has 0 aliphatic carbocycles. The van der Waals surface area contributed by atoms with Gasteiger partial charge in [-0.15, -0.1) is 11.6 Å². The maximum atomic E-state index is 11.2. The molecule has 0 saturated carbocycles. The summed E-state index contributed by atoms with van der Waals surface area (Å²) < 4.78 is 1.86. The van der Waals surface area contributed by atoms with Crippen LogP contribution in [0.15, 0.2) is 0 Å². The molecule has 1 unspecified atom stereocenters. The number of aromatic nitrogens is 3. The molecule has 82 valence electrons. The van der Waals surface area contributed by atoms with Gasteiger partial charge >= 0.3 is 0 Å². The first kappa shape index (κ1) is 10.4. The number of nitrogens with zero attached hydrogens (tertiary/aromatic N) is 3. The molecule has 2 heterocycles. The zero-order valence-electron chi connectivity index (χ0n) is 8.53. The molecule has 0 radical (unpaired) electrons. The first-order valence-corrected chi connectivity index (χ1v) is 5.51. The third-order valence-electron chi connectivity index (χ3n) is 2.44. The topological polar surface area (TPSA) is 59.8 Å². The van der Waals surface area contributed by atoms with Gasteiger partial charge in [-0.1, -0.05) is 0 Å². The number of hydrogen-bond acceptors (Lipinski definition) is 3. The fourth-order valence-corrected chi connectivity index (χ4v) is 1.92. The third-order valence-corrected chi connectivity index (χ3v) is 2.68. The number of hydrogen-bond donors (Lipinski definition) is 1. The van der Waals surface area contributed by atoms with Crippen molar-refractivity contribution in [2.45, 2.75) is 32.4 Å². The minimum Gasteiger partial charge on any atom is -0.345 e. The number of alkyl halides is 1. The Balaban J connectivity index is 2.18. The highest BCUT2D eigenvalue weighted by Gasteiger charge is 2.24. The van der Waals surface area contributed by atoms with Gasteiger partial charge in [0.2, 0.25) is 5.91 Å². The van der Waals surface area contributed by atoms with Gasteiger partial charge in [0, 0.05) is 6.54 Å². The lowest BCUT2D eigenvalue weighted by Gasteiger charge is -2.22. The average molecular weight is 229 g/mol. The Labute approximate surface area is 92.8 Å². The van der Waals surface area contributed by atoms with E-state index in [1.54, 1.807) is 0 Å². The quantitative estimate of drug-likeness (QED) is 0.761. The number of rotatable bonds is 2. The van der Waals surface area contributed by atoms with Crippen molar-refractivity contribution in [1.82, 2.24) is 20.1 Å². The van der Waals surface area contributed by atoms with Gasteiger partial charge in [-0.25, -0.2) is 9.67 Å². The molecular formula is C9H13ClN4O. The number of halogens is 1. The lowest BCUT2D eigenvalue weighted by Crippen LogP contribution is -2.33. The van der Waals surface area contributed by atoms with Crippen molar-refractivity contribution in [3.8, 4) is 0 Å². The Morgan fingerprint density at radius 2 is 2.53 bits per heavy atom. The van der Waals surface area contributed by atoms with Gasteiger partial charge in [-0.2, -0.15) is 5.10 Å². The molecule has 0 fully saturated rings. The summed E-state index contributed by atoms with van der Waals surface area (Å²) in [4.78, 5) is 15.5. The molecule has 1 aromatic rings. The van der Waals surface area contributed by atoms with Gasteiger partial charge in [0.1, 0.15) is 17.5 Å². The standard InChI is InChI=1S/C9H13ClN4O/c1-6-11-9-7(12-8(15)5-10)3-2-4-14(9)13-6/h7H,2-5H2,1H3,(H,12,15). The van der Waals surface area contributed by atoms with Gasteiger partial charge in [-0.3, -0.25) is 4.79 Å². The number of nitrogens with one attached hydrogen (secondary N) is 1. The van der Waals surface area contributed by atoms with E-state index in [1.165, 1.54) is 0 Å². The lowest BCUT2D eigenvalue weighted by atomic mass is 10.1. The molecule has 6 heteroatoms. The summed E-state index contributed by atoms with van der Waals surface area (Å²) in [6.45, 7) is 2.73. The van der Waals surface area contributed by atoms with Gasteiger partial charge in [0.15, 0.2) is 0 Å². The second-order valence-corrected chi connectivity index (χ2v) is 3.90. The van der Waals surface area contributed by atoms with Crippen molar-refractivity contribution in [2.75, 3.05) is 5.88 Å². The molecule has 2 rings (SSSR count). The van der Waals surface area contributed by atoms with E-state index in [0.717, 1.165) is 31.0 Å². The fourth-order valence-electron chi connectivity index (χ4n) is 1.84. The van der Waals surface area contributed by atoms with E-state index in [2.05, 4.69) is 15.4 Å². The van der Waals surface area contributed by atoms with E-state index in [-0.39, 0.29) is 17.8 Å². The molecule has 1 amide bonds. The van der Waals surface area contributed by atoms with Crippen molar-refractivity contribution >= 4 is 17.5 Å². The fraction of sp³-hybridized carbons (Fsp3) is 0.667. The summed E-state index contributed by atoms with van der Waals surface area (Å²) in [7, 11) is 0. The van der Waals surface area contributed by atoms with Crippen molar-refractivity contribution in [2.24, 2.45) is 0 Å². The van der Waals surface area contributed by atoms with E-state index < -0.39 is 0 Å². The van der Waals surface area contributed by atoms with Gasteiger partial charge in [0.25, 0.3) is 0 Å². The molecule has 0 spiro atoms. The van der Waals surface area contributed by atoms with E-state index in [9.17, 15) is 4.79 Å². The van der Waals surface area contributed by atoms with E-state index in [0.29, 0.717) is 0 Å². The summed E-state index contributed by atoms with van der Waals surface area (Å²) in [5.41, 5.74) is 0. The molecule has 1 atom stereocenters. The maximum absolute atomic E-state index is 11.2. The van der Waals surface area contributed by atoms with Crippen molar-refractivity contribution < 1.29 is 4.79 Å². The average Bonchev–Trinajstić information content (AvgIpc) is 2.59. The summed E-state index contributed by atoms with van der Waals surface area (Å²) in [5, 5.41) is 7.10. The molecule has 1 aliphatic rings. The molecule has 15 heavy (non-hydrogen) atoms. The van der Waals surface area contributed by atoms with Gasteiger partial charge < -0.3 is 5.32 Å². The Kier molecular flexibility index (Phi) is 2.90. The Bertz CT molecular complexity index is 376. The van der Waals surface area contributed by atoms with Crippen LogP contribution in [0.4, 0.5) is 0 Å². The molecule has 0 bridgehead atoms. The SMILES string of the molecule is Cc1nc2n(n1)CCCC2NC(=O)CCl. The smallest absolute Gasteiger partial charge is 0.235 e. The lowest BCUT2D eigenvalue weighted by molar-refractivity contribution is -0.119. The highest BCUT2D eigenvalue weighted by Crippen LogP contribution is 2.22. The van der Waals surface area contributed by atoms with Crippen molar-refractivity contribution in [1.29, 1.82) is 0 Å². The Hall–Kier alpha value is -1.10. The summed E-state index contributed by atoms with van der Waals surface area (Å²) >= 11 is 5.45. The maximum Gasteiger partial charge on any atom is 0.235 e. The minimum atomic E-state index is -0.157. The molecule has 0 aromatic carbocycles. The van der Waals surface area contributed by atoms with E-state index in [1.807, 2.05) is 11.6 Å². The summed E-state index contributed by atoms with van der Waals surface area (Å²) in [6.07, 6.45) is 1.91. The van der Waals surface area contributed by atoms with Crippen LogP contribution in [0.3, 0.4) is 0 Å². The second kappa shape index (κ2) is 4.18. The van der Waals surface area contributed by atoms with Crippen LogP contribution in [-0.2, 0) is 11.3 Å². The first-order valence-electron chi connectivity index (χ1n) is 4.97. The first-order chi connectivity index (χ1) is 7.20. The summed E-state index contributed by atoms with van der Waals surface area (Å²) in [6, 6.07) is -0.0359. The van der Waals surface area contributed by atoms with Crippen LogP contribution in [0.5, 0.6) is 0 Å². The minimum absolute atomic E-state index is 0.0103. The highest BCUT2D eigenvalue weighted by molar-refractivity contribution is 6.27. The van der Waals surface area contributed by atoms with E-state index in [4.69, 9.17) is 11.6 Å². The van der Waals surface area contributed by atoms with Crippen LogP contribution in [0.1, 0.15) is 30.5 Å². The Morgan fingerprint density at radius 1 is 1.73 bits per heavy atom. The molecule has 5 nitrogen and oxygen atoms in total. The number of amides is 1. The largest absolute Gasteiger partial charge is 0.345 e. The number of fused-ring (bicyclic) bond motifs is 1. The number of carbonyl (C=O) groups excluding carboxylic acids is 1. The number of carbonyl (C=O) groups is 1. The predicted octanol–water partition coefficient (Wildman–Crippen LogP) is 0.776. The molecule has 1 N–H and O–H groups in total. The molecular weight excluding hydrogens is 216 g/mol. The van der Waals surface area contributed by atoms with Crippen LogP contribution in [0.25, 0.3) is 0 Å². The van der Waals surface area contributed by atoms with E-state index >= 15 is 0 Å². The predicted molar refractivity (Wildman–Crippen MR) is 55.6 cm³/mol. The van der Waals surface area contributed by atoms with Crippen LogP contribution < -0.4 is 5.32 Å². The second-order valence-electron chi connectivity index (χ2n) is 3.64. The van der Waals surface area contributed by atoms with Gasteiger partial charge in [0.05, 0.1) is 6.04 Å². The zero-order valence-corrected chi connectivity index (χ0v) is 9.29. The number of aryl methyl sites for hydroxylation is 2. The summed E-state index contributed by atoms with van der Waals surface area (Å²) in [5.74, 6) is 1.42. The Morgan fingerprint density at radius 3 is 3.27 bits per heavy atom. The van der Waals surface area contributed by atoms with Crippen molar-refractivity contribution in [3.63, 3.8) is 0 Å². The van der Waals surface area contributed by atoms with Gasteiger partial charge in [-0.05, 0) is 19.8 Å². The van der Waals surface area contributed by atoms with Crippen molar-refractivity contribution in [3.05, 3.63) is 11.6 Å². The van der Waals surface area contributed by atoms with Crippen LogP contribution in [-0.4, -0.2) is 26.6 Å². The monoisotopic (exact) mass is 228 g/mol. The molecule has 0 saturated heterocycles. The molecule has 1 aliphatic heterocycles. The van der Waals surface area contributed by atoms with Crippen LogP contribution in [0, 0.1) is 6.92 Å². The van der Waals surface area contributed by atoms with Crippen LogP contribution in [0.2, 0.25) is 0 Å². The third kappa shape index (κ3) is 2.12. The van der Waals surface area contributed by atoms with Crippen LogP contribution >= 0.6 is 11.6 Å². The highest BCUT2D eigenvalue weighted by atomic mass is 35.5. The molecule has 1 aromatic heterocycles.